The van der Waals surface area contributed by atoms with E-state index in [-0.39, 0.29) is 18.3 Å². The van der Waals surface area contributed by atoms with E-state index >= 15 is 0 Å². The third kappa shape index (κ3) is 2.10. The molecule has 0 bridgehead atoms. The molecule has 104 valence electrons. The van der Waals surface area contributed by atoms with Gasteiger partial charge < -0.3 is 14.6 Å². The lowest BCUT2D eigenvalue weighted by molar-refractivity contribution is -0.155. The van der Waals surface area contributed by atoms with Crippen LogP contribution in [0.3, 0.4) is 0 Å². The fraction of sp³-hybridized carbons (Fsp3) is 0.833. The van der Waals surface area contributed by atoms with Crippen LogP contribution in [-0.2, 0) is 19.1 Å². The van der Waals surface area contributed by atoms with E-state index in [2.05, 4.69) is 0 Å². The molecule has 4 atom stereocenters. The summed E-state index contributed by atoms with van der Waals surface area (Å²) in [5.41, 5.74) is -1.21. The van der Waals surface area contributed by atoms with Gasteiger partial charge in [0, 0.05) is 5.92 Å². The first-order valence-corrected chi connectivity index (χ1v) is 6.12. The smallest absolute Gasteiger partial charge is 0.312 e. The normalized spacial score (nSPS) is 36.3. The summed E-state index contributed by atoms with van der Waals surface area (Å²) in [6, 6.07) is 0. The molecule has 18 heavy (non-hydrogen) atoms. The molecule has 4 unspecified atom stereocenters. The van der Waals surface area contributed by atoms with Crippen LogP contribution in [0.25, 0.3) is 0 Å². The number of rotatable bonds is 4. The zero-order valence-corrected chi connectivity index (χ0v) is 11.4. The summed E-state index contributed by atoms with van der Waals surface area (Å²) in [5, 5.41) is 10.4. The van der Waals surface area contributed by atoms with Crippen LogP contribution in [-0.4, -0.2) is 35.9 Å². The van der Waals surface area contributed by atoms with E-state index < -0.39 is 29.4 Å². The molecule has 0 amide bonds. The highest BCUT2D eigenvalue weighted by Crippen LogP contribution is 2.64. The van der Waals surface area contributed by atoms with E-state index in [9.17, 15) is 14.7 Å². The molecule has 5 nitrogen and oxygen atoms in total. The predicted octanol–water partition coefficient (Wildman–Crippen LogP) is 0.921. The van der Waals surface area contributed by atoms with Gasteiger partial charge in [0.25, 0.3) is 0 Å². The van der Waals surface area contributed by atoms with E-state index in [1.54, 1.807) is 13.8 Å². The first kappa shape index (κ1) is 15.2. The molecule has 0 spiro atoms. The average molecular weight is 279 g/mol. The number of carbonyl (C=O) groups is 2. The maximum absolute atomic E-state index is 11.7. The largest absolute Gasteiger partial charge is 0.466 e. The topological polar surface area (TPSA) is 72.8 Å². The Kier molecular flexibility index (Phi) is 4.61. The molecule has 0 aromatic heterocycles. The van der Waals surface area contributed by atoms with Crippen LogP contribution in [0.5, 0.6) is 0 Å². The Balaban J connectivity index is 0.00000162. The summed E-state index contributed by atoms with van der Waals surface area (Å²) in [5.74, 6) is -2.03. The third-order valence-corrected chi connectivity index (χ3v) is 3.82. The predicted molar refractivity (Wildman–Crippen MR) is 65.2 cm³/mol. The quantitative estimate of drug-likeness (QED) is 0.774. The van der Waals surface area contributed by atoms with Crippen LogP contribution in [0.1, 0.15) is 26.7 Å². The van der Waals surface area contributed by atoms with Crippen LogP contribution < -0.4 is 0 Å². The highest BCUT2D eigenvalue weighted by molar-refractivity contribution is 5.85. The van der Waals surface area contributed by atoms with Gasteiger partial charge >= 0.3 is 11.9 Å². The Bertz CT molecular complexity index is 345. The lowest BCUT2D eigenvalue weighted by Crippen LogP contribution is -2.33. The van der Waals surface area contributed by atoms with Crippen molar-refractivity contribution in [2.75, 3.05) is 13.2 Å². The SMILES string of the molecule is CCOC(=O)C1CCC2C(C(=O)OCC)C12O.Cl. The van der Waals surface area contributed by atoms with Gasteiger partial charge in [0.15, 0.2) is 0 Å². The minimum Gasteiger partial charge on any atom is -0.466 e. The Morgan fingerprint density at radius 3 is 2.28 bits per heavy atom. The third-order valence-electron chi connectivity index (χ3n) is 3.82. The molecule has 0 heterocycles. The molecule has 2 fully saturated rings. The van der Waals surface area contributed by atoms with Crippen molar-refractivity contribution < 1.29 is 24.2 Å². The second-order valence-electron chi connectivity index (χ2n) is 4.61. The van der Waals surface area contributed by atoms with E-state index in [0.29, 0.717) is 26.1 Å². The second kappa shape index (κ2) is 5.45. The van der Waals surface area contributed by atoms with Gasteiger partial charge in [0.05, 0.1) is 30.7 Å². The van der Waals surface area contributed by atoms with Crippen molar-refractivity contribution >= 4 is 24.3 Å². The summed E-state index contributed by atoms with van der Waals surface area (Å²) in [4.78, 5) is 23.3. The maximum atomic E-state index is 11.7. The minimum absolute atomic E-state index is 0. The number of halogens is 1. The van der Waals surface area contributed by atoms with Crippen LogP contribution in [0.15, 0.2) is 0 Å². The number of hydrogen-bond acceptors (Lipinski definition) is 5. The van der Waals surface area contributed by atoms with Crippen LogP contribution in [0, 0.1) is 17.8 Å². The van der Waals surface area contributed by atoms with Crippen LogP contribution in [0.4, 0.5) is 0 Å². The van der Waals surface area contributed by atoms with Gasteiger partial charge in [-0.25, -0.2) is 0 Å². The number of aliphatic hydroxyl groups is 1. The molecule has 2 aliphatic carbocycles. The molecule has 1 N–H and O–H groups in total. The molecule has 6 heteroatoms. The first-order valence-electron chi connectivity index (χ1n) is 6.12. The van der Waals surface area contributed by atoms with Gasteiger partial charge in [-0.05, 0) is 26.7 Å². The lowest BCUT2D eigenvalue weighted by Gasteiger charge is -2.18. The summed E-state index contributed by atoms with van der Waals surface area (Å²) in [6.45, 7) is 4.04. The second-order valence-corrected chi connectivity index (χ2v) is 4.61. The van der Waals surface area contributed by atoms with Gasteiger partial charge in [-0.2, -0.15) is 0 Å². The Morgan fingerprint density at radius 2 is 1.72 bits per heavy atom. The molecule has 2 aliphatic rings. The Labute approximate surface area is 112 Å². The fourth-order valence-electron chi connectivity index (χ4n) is 3.05. The summed E-state index contributed by atoms with van der Waals surface area (Å²) < 4.78 is 9.83. The van der Waals surface area contributed by atoms with Crippen molar-refractivity contribution in [3.05, 3.63) is 0 Å². The van der Waals surface area contributed by atoms with Gasteiger partial charge in [-0.3, -0.25) is 9.59 Å². The van der Waals surface area contributed by atoms with Crippen molar-refractivity contribution in [3.63, 3.8) is 0 Å². The lowest BCUT2D eigenvalue weighted by atomic mass is 9.97. The molecule has 0 aliphatic heterocycles. The van der Waals surface area contributed by atoms with Crippen LogP contribution >= 0.6 is 12.4 Å². The highest BCUT2D eigenvalue weighted by atomic mass is 35.5. The summed E-state index contributed by atoms with van der Waals surface area (Å²) in [6.07, 6.45) is 1.28. The molecular weight excluding hydrogens is 260 g/mol. The standard InChI is InChI=1S/C12H18O5.ClH/c1-3-16-10(13)8-6-5-7-9(12(7,8)15)11(14)17-4-2;/h7-9,15H,3-6H2,1-2H3;1H. The van der Waals surface area contributed by atoms with Gasteiger partial charge in [0.1, 0.15) is 0 Å². The number of hydrogen-bond donors (Lipinski definition) is 1. The molecule has 0 aromatic carbocycles. The van der Waals surface area contributed by atoms with E-state index in [4.69, 9.17) is 9.47 Å². The zero-order chi connectivity index (χ0) is 12.6. The molecule has 0 aromatic rings. The summed E-state index contributed by atoms with van der Waals surface area (Å²) in [7, 11) is 0. The molecular formula is C12H19ClO5. The van der Waals surface area contributed by atoms with E-state index in [1.807, 2.05) is 0 Å². The highest BCUT2D eigenvalue weighted by Gasteiger charge is 2.76. The number of esters is 2. The molecule has 0 radical (unpaired) electrons. The summed E-state index contributed by atoms with van der Waals surface area (Å²) >= 11 is 0. The van der Waals surface area contributed by atoms with Crippen molar-refractivity contribution in [1.29, 1.82) is 0 Å². The van der Waals surface area contributed by atoms with Crippen molar-refractivity contribution in [2.24, 2.45) is 17.8 Å². The molecule has 2 rings (SSSR count). The van der Waals surface area contributed by atoms with Gasteiger partial charge in [0.2, 0.25) is 0 Å². The number of carbonyl (C=O) groups excluding carboxylic acids is 2. The van der Waals surface area contributed by atoms with Gasteiger partial charge in [-0.15, -0.1) is 12.4 Å². The molecule has 0 saturated heterocycles. The van der Waals surface area contributed by atoms with Gasteiger partial charge in [-0.1, -0.05) is 0 Å². The zero-order valence-electron chi connectivity index (χ0n) is 10.5. The monoisotopic (exact) mass is 278 g/mol. The van der Waals surface area contributed by atoms with Crippen molar-refractivity contribution in [2.45, 2.75) is 32.3 Å². The van der Waals surface area contributed by atoms with Crippen LogP contribution in [0.2, 0.25) is 0 Å². The van der Waals surface area contributed by atoms with E-state index in [0.717, 1.165) is 0 Å². The minimum atomic E-state index is -1.21. The number of fused-ring (bicyclic) bond motifs is 1. The number of ether oxygens (including phenoxy) is 2. The fourth-order valence-corrected chi connectivity index (χ4v) is 3.05. The average Bonchev–Trinajstić information content (AvgIpc) is 2.72. The Hall–Kier alpha value is -0.810. The first-order chi connectivity index (χ1) is 8.07. The Morgan fingerprint density at radius 1 is 1.17 bits per heavy atom. The maximum Gasteiger partial charge on any atom is 0.312 e. The van der Waals surface area contributed by atoms with Crippen molar-refractivity contribution in [1.82, 2.24) is 0 Å². The van der Waals surface area contributed by atoms with E-state index in [1.165, 1.54) is 0 Å². The molecule has 2 saturated carbocycles. The van der Waals surface area contributed by atoms with Crippen molar-refractivity contribution in [3.8, 4) is 0 Å².